The highest BCUT2D eigenvalue weighted by Gasteiger charge is 2.22. The van der Waals surface area contributed by atoms with Crippen LogP contribution in [0.1, 0.15) is 17.5 Å². The number of nitrogens with zero attached hydrogens (tertiary/aromatic N) is 3. The molecule has 4 heterocycles. The Balaban J connectivity index is 1.54. The van der Waals surface area contributed by atoms with Gasteiger partial charge in [-0.1, -0.05) is 0 Å². The van der Waals surface area contributed by atoms with Crippen LogP contribution in [0, 0.1) is 18.3 Å². The minimum Gasteiger partial charge on any atom is -0.474 e. The van der Waals surface area contributed by atoms with Crippen LogP contribution in [0.15, 0.2) is 24.5 Å². The molecule has 0 bridgehead atoms. The quantitative estimate of drug-likeness (QED) is 0.516. The van der Waals surface area contributed by atoms with Crippen LogP contribution in [0.3, 0.4) is 0 Å². The van der Waals surface area contributed by atoms with Gasteiger partial charge in [-0.3, -0.25) is 5.32 Å². The number of amides is 1. The summed E-state index contributed by atoms with van der Waals surface area (Å²) in [5.41, 5.74) is 10.1. The van der Waals surface area contributed by atoms with E-state index in [-0.39, 0.29) is 6.10 Å². The zero-order chi connectivity index (χ0) is 22.9. The lowest BCUT2D eigenvalue weighted by atomic mass is 9.93. The molecule has 10 heteroatoms. The second-order valence-electron chi connectivity index (χ2n) is 7.88. The molecule has 33 heavy (non-hydrogen) atoms. The number of hydrogen-bond donors (Lipinski definition) is 3. The molecule has 1 atom stereocenters. The van der Waals surface area contributed by atoms with Crippen LogP contribution < -0.4 is 21.1 Å². The van der Waals surface area contributed by atoms with Crippen molar-refractivity contribution in [1.82, 2.24) is 9.97 Å². The van der Waals surface area contributed by atoms with E-state index in [1.54, 1.807) is 12.3 Å². The number of ether oxygens (including phenoxy) is 3. The topological polar surface area (TPSA) is 144 Å². The molecule has 2 aliphatic rings. The first-order valence-electron chi connectivity index (χ1n) is 10.6. The maximum absolute atomic E-state index is 12.2. The van der Waals surface area contributed by atoms with Crippen molar-refractivity contribution < 1.29 is 19.0 Å². The number of nitrogens with two attached hydrogens (primary N) is 1. The van der Waals surface area contributed by atoms with Crippen molar-refractivity contribution in [3.05, 3.63) is 35.7 Å². The minimum atomic E-state index is -0.597. The average Bonchev–Trinajstić information content (AvgIpc) is 3.32. The van der Waals surface area contributed by atoms with E-state index < -0.39 is 6.09 Å². The van der Waals surface area contributed by atoms with E-state index in [4.69, 9.17) is 19.9 Å². The minimum absolute atomic E-state index is 0.261. The highest BCUT2D eigenvalue weighted by atomic mass is 16.6. The van der Waals surface area contributed by atoms with E-state index in [2.05, 4.69) is 26.7 Å². The summed E-state index contributed by atoms with van der Waals surface area (Å²) in [5.74, 6) is 0.855. The van der Waals surface area contributed by atoms with Crippen molar-refractivity contribution in [3.63, 3.8) is 0 Å². The maximum Gasteiger partial charge on any atom is 0.413 e. The van der Waals surface area contributed by atoms with Crippen molar-refractivity contribution in [2.24, 2.45) is 0 Å². The molecule has 0 aliphatic carbocycles. The monoisotopic (exact) mass is 446 g/mol. The molecule has 3 aromatic rings. The third-order valence-electron chi connectivity index (χ3n) is 5.80. The summed E-state index contributed by atoms with van der Waals surface area (Å²) >= 11 is 0. The summed E-state index contributed by atoms with van der Waals surface area (Å²) in [5, 5.41) is 17.2. The zero-order valence-corrected chi connectivity index (χ0v) is 18.0. The number of fused-ring (bicyclic) bond motifs is 2. The van der Waals surface area contributed by atoms with Gasteiger partial charge < -0.3 is 25.3 Å². The van der Waals surface area contributed by atoms with Crippen LogP contribution in [-0.2, 0) is 9.47 Å². The molecular formula is C23H22N6O4. The van der Waals surface area contributed by atoms with Crippen molar-refractivity contribution >= 4 is 34.1 Å². The third kappa shape index (κ3) is 3.83. The standard InChI is InChI=1S/C23H22N6O4/c1-12-17(9-28-22-21(12)26-3-5-32-22)15-6-13-7-19(27-10-18(13)20(25)16(15)8-24)29-23(30)33-14-2-4-31-11-14/h6-7,9-10,14,26H,2-5,11,25H2,1H3,(H,27,29,30). The van der Waals surface area contributed by atoms with Gasteiger partial charge in [-0.15, -0.1) is 0 Å². The predicted molar refractivity (Wildman–Crippen MR) is 122 cm³/mol. The molecule has 2 aromatic heterocycles. The van der Waals surface area contributed by atoms with Crippen molar-refractivity contribution in [2.45, 2.75) is 19.4 Å². The highest BCUT2D eigenvalue weighted by Crippen LogP contribution is 2.40. The molecule has 5 rings (SSSR count). The fourth-order valence-corrected chi connectivity index (χ4v) is 4.11. The molecule has 168 valence electrons. The molecule has 1 amide bonds. The summed E-state index contributed by atoms with van der Waals surface area (Å²) in [6, 6.07) is 5.77. The van der Waals surface area contributed by atoms with Crippen LogP contribution in [0.5, 0.6) is 5.88 Å². The van der Waals surface area contributed by atoms with Crippen LogP contribution in [0.25, 0.3) is 21.9 Å². The van der Waals surface area contributed by atoms with E-state index >= 15 is 0 Å². The smallest absolute Gasteiger partial charge is 0.413 e. The van der Waals surface area contributed by atoms with E-state index in [1.165, 1.54) is 6.20 Å². The Morgan fingerprint density at radius 3 is 2.97 bits per heavy atom. The van der Waals surface area contributed by atoms with Crippen molar-refractivity contribution in [3.8, 4) is 23.1 Å². The molecule has 2 aliphatic heterocycles. The Labute approximate surface area is 189 Å². The number of nitrogens with one attached hydrogen (secondary N) is 2. The number of rotatable bonds is 3. The largest absolute Gasteiger partial charge is 0.474 e. The normalized spacial score (nSPS) is 16.9. The first-order chi connectivity index (χ1) is 16.0. The zero-order valence-electron chi connectivity index (χ0n) is 18.0. The molecule has 1 unspecified atom stereocenters. The third-order valence-corrected chi connectivity index (χ3v) is 5.80. The highest BCUT2D eigenvalue weighted by molar-refractivity contribution is 6.02. The lowest BCUT2D eigenvalue weighted by Gasteiger charge is -2.22. The van der Waals surface area contributed by atoms with Gasteiger partial charge in [0.2, 0.25) is 5.88 Å². The van der Waals surface area contributed by atoms with E-state index in [0.29, 0.717) is 66.7 Å². The molecule has 10 nitrogen and oxygen atoms in total. The fraction of sp³-hybridized carbons (Fsp3) is 0.304. The van der Waals surface area contributed by atoms with E-state index in [0.717, 1.165) is 22.2 Å². The summed E-state index contributed by atoms with van der Waals surface area (Å²) < 4.78 is 16.2. The SMILES string of the molecule is Cc1c(-c2cc3cc(NC(=O)OC4CCOC4)ncc3c(N)c2C#N)cnc2c1NCCO2. The number of benzene rings is 1. The Kier molecular flexibility index (Phi) is 5.32. The van der Waals surface area contributed by atoms with Crippen molar-refractivity contribution in [1.29, 1.82) is 5.26 Å². The van der Waals surface area contributed by atoms with Gasteiger partial charge in [0.1, 0.15) is 30.3 Å². The molecule has 4 N–H and O–H groups in total. The van der Waals surface area contributed by atoms with E-state index in [1.807, 2.05) is 13.0 Å². The van der Waals surface area contributed by atoms with Gasteiger partial charge >= 0.3 is 6.09 Å². The lowest BCUT2D eigenvalue weighted by Crippen LogP contribution is -2.22. The molecule has 1 saturated heterocycles. The number of hydrogen-bond acceptors (Lipinski definition) is 9. The Morgan fingerprint density at radius 2 is 2.18 bits per heavy atom. The Bertz CT molecular complexity index is 1300. The summed E-state index contributed by atoms with van der Waals surface area (Å²) in [4.78, 5) is 20.9. The number of nitrogen functional groups attached to an aromatic ring is 1. The number of nitriles is 1. The van der Waals surface area contributed by atoms with Crippen LogP contribution in [0.2, 0.25) is 0 Å². The average molecular weight is 446 g/mol. The molecule has 0 radical (unpaired) electrons. The fourth-order valence-electron chi connectivity index (χ4n) is 4.11. The maximum atomic E-state index is 12.2. The van der Waals surface area contributed by atoms with Gasteiger partial charge in [0.25, 0.3) is 0 Å². The van der Waals surface area contributed by atoms with Gasteiger partial charge in [0, 0.05) is 41.9 Å². The first-order valence-corrected chi connectivity index (χ1v) is 10.6. The number of aromatic nitrogens is 2. The lowest BCUT2D eigenvalue weighted by molar-refractivity contribution is 0.0931. The van der Waals surface area contributed by atoms with Gasteiger partial charge in [0.15, 0.2) is 0 Å². The number of anilines is 3. The van der Waals surface area contributed by atoms with Gasteiger partial charge in [0.05, 0.1) is 24.5 Å². The van der Waals surface area contributed by atoms with Crippen LogP contribution in [0.4, 0.5) is 22.0 Å². The molecular weight excluding hydrogens is 424 g/mol. The van der Waals surface area contributed by atoms with Crippen LogP contribution >= 0.6 is 0 Å². The molecule has 0 spiro atoms. The molecule has 1 aromatic carbocycles. The van der Waals surface area contributed by atoms with Gasteiger partial charge in [-0.25, -0.2) is 14.8 Å². The number of pyridine rings is 2. The summed E-state index contributed by atoms with van der Waals surface area (Å²) in [7, 11) is 0. The number of carbonyl (C=O) groups excluding carboxylic acids is 1. The Morgan fingerprint density at radius 1 is 1.30 bits per heavy atom. The van der Waals surface area contributed by atoms with Crippen molar-refractivity contribution in [2.75, 3.05) is 42.7 Å². The number of carbonyl (C=O) groups is 1. The first kappa shape index (κ1) is 20.8. The summed E-state index contributed by atoms with van der Waals surface area (Å²) in [6.45, 7) is 4.14. The van der Waals surface area contributed by atoms with Gasteiger partial charge in [-0.2, -0.15) is 5.26 Å². The Hall–Kier alpha value is -4.10. The summed E-state index contributed by atoms with van der Waals surface area (Å²) in [6.07, 6.45) is 3.03. The van der Waals surface area contributed by atoms with Crippen LogP contribution in [-0.4, -0.2) is 48.5 Å². The second kappa shape index (κ2) is 8.44. The van der Waals surface area contributed by atoms with Gasteiger partial charge in [-0.05, 0) is 30.0 Å². The predicted octanol–water partition coefficient (Wildman–Crippen LogP) is 3.20. The molecule has 1 fully saturated rings. The van der Waals surface area contributed by atoms with E-state index in [9.17, 15) is 10.1 Å². The molecule has 0 saturated carbocycles. The second-order valence-corrected chi connectivity index (χ2v) is 7.88.